The minimum atomic E-state index is -4.72. The summed E-state index contributed by atoms with van der Waals surface area (Å²) in [5, 5.41) is 1.87. The average molecular weight is 252 g/mol. The molecule has 1 amide bonds. The van der Waals surface area contributed by atoms with E-state index < -0.39 is 29.4 Å². The van der Waals surface area contributed by atoms with Crippen LogP contribution >= 0.6 is 0 Å². The van der Waals surface area contributed by atoms with Gasteiger partial charge in [0, 0.05) is 0 Å². The van der Waals surface area contributed by atoms with Crippen LogP contribution in [0.3, 0.4) is 0 Å². The summed E-state index contributed by atoms with van der Waals surface area (Å²) in [6.07, 6.45) is -5.16. The number of hydrogen-bond acceptors (Lipinski definition) is 4. The molecular weight excluding hydrogens is 241 g/mol. The van der Waals surface area contributed by atoms with E-state index in [0.29, 0.717) is 6.39 Å². The maximum atomic E-state index is 12.3. The quantitative estimate of drug-likeness (QED) is 0.834. The van der Waals surface area contributed by atoms with Crippen molar-refractivity contribution < 1.29 is 27.1 Å². The number of alkyl halides is 3. The third-order valence-corrected chi connectivity index (χ3v) is 1.44. The van der Waals surface area contributed by atoms with Gasteiger partial charge in [0.1, 0.15) is 5.60 Å². The van der Waals surface area contributed by atoms with Crippen molar-refractivity contribution in [2.24, 2.45) is 0 Å². The van der Waals surface area contributed by atoms with Gasteiger partial charge in [-0.2, -0.15) is 18.2 Å². The van der Waals surface area contributed by atoms with Crippen molar-refractivity contribution in [1.29, 1.82) is 0 Å². The molecule has 0 saturated carbocycles. The summed E-state index contributed by atoms with van der Waals surface area (Å²) < 4.78 is 46.0. The number of oxazole rings is 1. The van der Waals surface area contributed by atoms with Crippen LogP contribution in [0.2, 0.25) is 0 Å². The van der Waals surface area contributed by atoms with E-state index in [4.69, 9.17) is 4.74 Å². The van der Waals surface area contributed by atoms with Gasteiger partial charge in [0.15, 0.2) is 12.2 Å². The number of carbonyl (C=O) groups excluding carboxylic acids is 1. The van der Waals surface area contributed by atoms with Crippen molar-refractivity contribution in [2.75, 3.05) is 5.32 Å². The lowest BCUT2D eigenvalue weighted by atomic mass is 10.2. The van der Waals surface area contributed by atoms with Crippen molar-refractivity contribution in [1.82, 2.24) is 4.98 Å². The Morgan fingerprint density at radius 2 is 2.00 bits per heavy atom. The highest BCUT2D eigenvalue weighted by atomic mass is 19.4. The summed E-state index contributed by atoms with van der Waals surface area (Å²) in [5.74, 6) is -2.09. The number of rotatable bonds is 1. The highest BCUT2D eigenvalue weighted by Crippen LogP contribution is 2.34. The molecule has 0 unspecified atom stereocenters. The van der Waals surface area contributed by atoms with Gasteiger partial charge in [-0.3, -0.25) is 5.32 Å². The van der Waals surface area contributed by atoms with E-state index in [1.54, 1.807) is 20.8 Å². The fourth-order valence-corrected chi connectivity index (χ4v) is 0.937. The molecule has 0 aromatic carbocycles. The van der Waals surface area contributed by atoms with E-state index in [1.165, 1.54) is 0 Å². The number of halogens is 3. The van der Waals surface area contributed by atoms with Crippen LogP contribution in [0.25, 0.3) is 0 Å². The van der Waals surface area contributed by atoms with Crippen molar-refractivity contribution in [2.45, 2.75) is 32.5 Å². The summed E-state index contributed by atoms with van der Waals surface area (Å²) in [6, 6.07) is 0. The molecule has 0 radical (unpaired) electrons. The van der Waals surface area contributed by atoms with Gasteiger partial charge in [-0.05, 0) is 20.8 Å². The molecule has 8 heteroatoms. The predicted molar refractivity (Wildman–Crippen MR) is 51.4 cm³/mol. The Hall–Kier alpha value is -1.73. The normalized spacial score (nSPS) is 12.4. The lowest BCUT2D eigenvalue weighted by Crippen LogP contribution is -2.28. The maximum absolute atomic E-state index is 12.3. The average Bonchev–Trinajstić information content (AvgIpc) is 2.46. The largest absolute Gasteiger partial charge is 0.453 e. The smallest absolute Gasteiger partial charge is 0.444 e. The third-order valence-electron chi connectivity index (χ3n) is 1.44. The molecule has 0 spiro atoms. The Balaban J connectivity index is 2.77. The first-order chi connectivity index (χ1) is 7.59. The molecule has 0 fully saturated rings. The molecule has 96 valence electrons. The molecule has 17 heavy (non-hydrogen) atoms. The monoisotopic (exact) mass is 252 g/mol. The van der Waals surface area contributed by atoms with E-state index >= 15 is 0 Å². The Morgan fingerprint density at radius 3 is 2.47 bits per heavy atom. The van der Waals surface area contributed by atoms with Crippen LogP contribution in [-0.2, 0) is 10.9 Å². The number of aromatic nitrogens is 1. The minimum absolute atomic E-state index is 0.593. The maximum Gasteiger partial charge on any atom is 0.453 e. The molecule has 0 aliphatic heterocycles. The molecule has 0 aliphatic carbocycles. The van der Waals surface area contributed by atoms with E-state index in [-0.39, 0.29) is 0 Å². The van der Waals surface area contributed by atoms with Crippen molar-refractivity contribution >= 4 is 11.9 Å². The molecule has 0 bridgehead atoms. The van der Waals surface area contributed by atoms with Gasteiger partial charge in [-0.25, -0.2) is 4.79 Å². The zero-order valence-corrected chi connectivity index (χ0v) is 9.38. The summed E-state index contributed by atoms with van der Waals surface area (Å²) in [4.78, 5) is 14.5. The Labute approximate surface area is 95.0 Å². The van der Waals surface area contributed by atoms with Gasteiger partial charge >= 0.3 is 12.3 Å². The van der Waals surface area contributed by atoms with Gasteiger partial charge in [0.25, 0.3) is 5.76 Å². The van der Waals surface area contributed by atoms with Gasteiger partial charge in [0.2, 0.25) is 0 Å². The second-order valence-electron chi connectivity index (χ2n) is 4.15. The first-order valence-corrected chi connectivity index (χ1v) is 4.60. The van der Waals surface area contributed by atoms with Gasteiger partial charge in [-0.15, -0.1) is 0 Å². The topological polar surface area (TPSA) is 64.4 Å². The van der Waals surface area contributed by atoms with Crippen molar-refractivity contribution in [3.8, 4) is 0 Å². The molecule has 0 saturated heterocycles. The Morgan fingerprint density at radius 1 is 1.41 bits per heavy atom. The van der Waals surface area contributed by atoms with Gasteiger partial charge in [0.05, 0.1) is 0 Å². The number of nitrogens with one attached hydrogen (secondary N) is 1. The molecule has 1 rings (SSSR count). The number of amides is 1. The van der Waals surface area contributed by atoms with Crippen LogP contribution < -0.4 is 5.32 Å². The standard InChI is InChI=1S/C9H11F3N2O3/c1-8(2,3)17-7(15)14-6-5(9(10,11)12)16-4-13-6/h4H,1-3H3,(H,14,15). The number of hydrogen-bond donors (Lipinski definition) is 1. The van der Waals surface area contributed by atoms with E-state index in [0.717, 1.165) is 0 Å². The number of carbonyl (C=O) groups is 1. The summed E-state index contributed by atoms with van der Waals surface area (Å²) in [6.45, 7) is 4.75. The summed E-state index contributed by atoms with van der Waals surface area (Å²) >= 11 is 0. The third kappa shape index (κ3) is 3.97. The Kier molecular flexibility index (Phi) is 3.35. The van der Waals surface area contributed by atoms with Crippen LogP contribution in [0.15, 0.2) is 10.8 Å². The second-order valence-corrected chi connectivity index (χ2v) is 4.15. The van der Waals surface area contributed by atoms with Crippen LogP contribution in [0.5, 0.6) is 0 Å². The molecule has 1 heterocycles. The highest BCUT2D eigenvalue weighted by molar-refractivity contribution is 5.84. The van der Waals surface area contributed by atoms with Crippen LogP contribution in [-0.4, -0.2) is 16.7 Å². The molecular formula is C9H11F3N2O3. The molecule has 1 N–H and O–H groups in total. The zero-order valence-electron chi connectivity index (χ0n) is 9.38. The lowest BCUT2D eigenvalue weighted by molar-refractivity contribution is -0.152. The second kappa shape index (κ2) is 4.27. The van der Waals surface area contributed by atoms with Gasteiger partial charge in [-0.1, -0.05) is 0 Å². The number of nitrogens with zero attached hydrogens (tertiary/aromatic N) is 1. The van der Waals surface area contributed by atoms with Crippen molar-refractivity contribution in [3.05, 3.63) is 12.2 Å². The van der Waals surface area contributed by atoms with Crippen LogP contribution in [0, 0.1) is 0 Å². The van der Waals surface area contributed by atoms with Gasteiger partial charge < -0.3 is 9.15 Å². The fraction of sp³-hybridized carbons (Fsp3) is 0.556. The van der Waals surface area contributed by atoms with Crippen LogP contribution in [0.1, 0.15) is 26.5 Å². The summed E-state index contributed by atoms with van der Waals surface area (Å²) in [7, 11) is 0. The van der Waals surface area contributed by atoms with E-state index in [1.807, 2.05) is 5.32 Å². The predicted octanol–water partition coefficient (Wildman–Crippen LogP) is 3.04. The first kappa shape index (κ1) is 13.3. The first-order valence-electron chi connectivity index (χ1n) is 4.60. The molecule has 0 atom stereocenters. The number of ether oxygens (including phenoxy) is 1. The lowest BCUT2D eigenvalue weighted by Gasteiger charge is -2.19. The molecule has 1 aromatic rings. The van der Waals surface area contributed by atoms with E-state index in [9.17, 15) is 18.0 Å². The minimum Gasteiger partial charge on any atom is -0.444 e. The molecule has 5 nitrogen and oxygen atoms in total. The fourth-order valence-electron chi connectivity index (χ4n) is 0.937. The Bertz CT molecular complexity index is 406. The number of anilines is 1. The SMILES string of the molecule is CC(C)(C)OC(=O)Nc1ncoc1C(F)(F)F. The highest BCUT2D eigenvalue weighted by Gasteiger charge is 2.39. The zero-order chi connectivity index (χ0) is 13.3. The summed E-state index contributed by atoms with van der Waals surface area (Å²) in [5.41, 5.74) is -0.813. The molecule has 0 aliphatic rings. The molecule has 1 aromatic heterocycles. The van der Waals surface area contributed by atoms with Crippen LogP contribution in [0.4, 0.5) is 23.8 Å². The van der Waals surface area contributed by atoms with Crippen molar-refractivity contribution in [3.63, 3.8) is 0 Å². The van der Waals surface area contributed by atoms with E-state index in [2.05, 4.69) is 9.40 Å².